The number of thiophene rings is 2. The lowest BCUT2D eigenvalue weighted by atomic mass is 10.1. The van der Waals surface area contributed by atoms with Crippen LogP contribution in [0.5, 0.6) is 23.0 Å². The summed E-state index contributed by atoms with van der Waals surface area (Å²) in [5.41, 5.74) is 1.52. The summed E-state index contributed by atoms with van der Waals surface area (Å²) in [4.78, 5) is 23.6. The molecule has 2 aromatic heterocycles. The number of fused-ring (bicyclic) bond motifs is 2. The molecule has 104 heavy (non-hydrogen) atoms. The van der Waals surface area contributed by atoms with Crippen LogP contribution in [-0.4, -0.2) is 57.7 Å². The number of carbonyl (C=O) groups is 2. The van der Waals surface area contributed by atoms with Crippen LogP contribution in [0.15, 0.2) is 97.1 Å². The quantitative estimate of drug-likeness (QED) is 0.0708. The van der Waals surface area contributed by atoms with E-state index in [4.69, 9.17) is 68.8 Å². The second-order valence-corrected chi connectivity index (χ2v) is 94.9. The Morgan fingerprint density at radius 1 is 0.413 bits per heavy atom. The van der Waals surface area contributed by atoms with E-state index in [1.165, 1.54) is 58.2 Å². The van der Waals surface area contributed by atoms with Gasteiger partial charge in [-0.3, -0.25) is 14.8 Å². The molecule has 0 fully saturated rings. The van der Waals surface area contributed by atoms with Crippen molar-refractivity contribution in [3.05, 3.63) is 107 Å². The molecule has 4 aromatic carbocycles. The van der Waals surface area contributed by atoms with E-state index < -0.39 is 24.2 Å². The molecule has 588 valence electrons. The van der Waals surface area contributed by atoms with Crippen LogP contribution >= 0.6 is 35.1 Å². The number of rotatable bonds is 14. The first-order valence-corrected chi connectivity index (χ1v) is 87.8. The molecule has 0 saturated carbocycles. The van der Waals surface area contributed by atoms with Gasteiger partial charge in [-0.2, -0.15) is 5.06 Å². The Morgan fingerprint density at radius 2 is 0.663 bits per heavy atom. The molecule has 0 spiro atoms. The van der Waals surface area contributed by atoms with Crippen molar-refractivity contribution in [3.8, 4) is 23.0 Å². The molecule has 2 heterocycles. The highest BCUT2D eigenvalue weighted by Gasteiger charge is 2.20. The summed E-state index contributed by atoms with van der Waals surface area (Å²) in [6, 6.07) is 29.2. The molecule has 1 amide bonds. The normalized spacial score (nSPS) is 9.62. The Morgan fingerprint density at radius 3 is 0.904 bits per heavy atom. The van der Waals surface area contributed by atoms with Crippen LogP contribution in [0.2, 0.25) is 0 Å². The fourth-order valence-corrected chi connectivity index (χ4v) is 118. The van der Waals surface area contributed by atoms with Crippen molar-refractivity contribution in [3.63, 3.8) is 0 Å². The van der Waals surface area contributed by atoms with Crippen molar-refractivity contribution in [2.45, 2.75) is 38.0 Å². The highest BCUT2D eigenvalue weighted by molar-refractivity contribution is 8.81. The number of amides is 1. The van der Waals surface area contributed by atoms with E-state index in [0.29, 0.717) is 43.5 Å². The SMILES string of the molecule is CNc1ccccc1.COc1cc2cc(C(F)CCC(=O)N(O)c3ccccc3)sc2cc1OC.COc1cc2cc(C(F)CCC(=O)O)sc2cc1OC.Cl.S=S=S=S=S=S=S=S=S=S=S=S=S=S=S=S=S=S=S=S=S=S=S.S=S=S=S=S=S=S=S=S=S=S=S=S=S=S=S=S=S=S=S=S=S=S=S=S. The van der Waals surface area contributed by atoms with Gasteiger partial charge in [0.05, 0.1) is 34.1 Å². The predicted molar refractivity (Wildman–Crippen MR) is 576 cm³/mol. The number of hydrogen-bond acceptors (Lipinski definition) is 14. The standard InChI is InChI=1S/C20H20FNO4S.C14H15FO4S.C7H9N.ClH.S25.S23/c1-25-16-10-13-11-19(27-18(13)12-17(16)26-2)15(21)8-9-20(23)22(24)14-6-4-3-5-7-14;1-18-10-5-8-6-13(9(15)3-4-14(16)17)20-12(8)7-11(10)19-2;1-8-7-5-3-2-4-6-7;;1-3-5-7-9-11-13-15-17-19-21-23-25-24-22-20-18-16-14-12-10-8-6-4-2;1-3-5-7-9-11-13-15-17-19-21-23-22-20-18-16-14-12-10-8-6-4-2/h3-7,10-12,15,24H,8-9H2,1-2H3;5-7,9H,3-4H2,1-2H3,(H,16,17);2-6,8H,1H3;1H;;. The summed E-state index contributed by atoms with van der Waals surface area (Å²) in [6.07, 6.45) is -2.87. The lowest BCUT2D eigenvalue weighted by Crippen LogP contribution is -2.26. The number of anilines is 2. The molecule has 0 radical (unpaired) electrons. The summed E-state index contributed by atoms with van der Waals surface area (Å²) in [7, 11) is 84.4. The molecule has 6 aromatic rings. The van der Waals surface area contributed by atoms with Gasteiger partial charge in [0, 0.05) is 492 Å². The highest BCUT2D eigenvalue weighted by atomic mass is 35.5. The molecular formula is C41H45ClF2N2O8S50. The van der Waals surface area contributed by atoms with Crippen molar-refractivity contribution in [2.75, 3.05) is 45.9 Å². The zero-order chi connectivity index (χ0) is 75.0. The number of benzene rings is 4. The van der Waals surface area contributed by atoms with Gasteiger partial charge in [0.1, 0.15) is 12.3 Å². The minimum atomic E-state index is -1.30. The summed E-state index contributed by atoms with van der Waals surface area (Å²) >= 11 is 21.7. The number of para-hydroxylation sites is 2. The van der Waals surface area contributed by atoms with Crippen molar-refractivity contribution in [1.82, 2.24) is 0 Å². The molecule has 0 bridgehead atoms. The lowest BCUT2D eigenvalue weighted by Gasteiger charge is -2.15. The Bertz CT molecular complexity index is 5770. The molecule has 2 unspecified atom stereocenters. The number of carbonyl (C=O) groups excluding carboxylic acids is 1. The number of carboxylic acids is 1. The number of nitrogens with zero attached hydrogens (tertiary/aromatic N) is 1. The molecule has 0 saturated heterocycles. The van der Waals surface area contributed by atoms with Crippen molar-refractivity contribution in [1.29, 1.82) is 0 Å². The summed E-state index contributed by atoms with van der Waals surface area (Å²) < 4.78 is 51.4. The summed E-state index contributed by atoms with van der Waals surface area (Å²) in [6.45, 7) is 0. The lowest BCUT2D eigenvalue weighted by molar-refractivity contribution is -0.137. The van der Waals surface area contributed by atoms with E-state index in [1.54, 1.807) is 356 Å². The monoisotopic (exact) mass is 2360 g/mol. The molecule has 63 heteroatoms. The smallest absolute Gasteiger partial charge is 0.303 e. The van der Waals surface area contributed by atoms with Gasteiger partial charge >= 0.3 is 5.97 Å². The maximum absolute atomic E-state index is 14.7. The van der Waals surface area contributed by atoms with Crippen LogP contribution in [0.25, 0.3) is 20.2 Å². The van der Waals surface area contributed by atoms with Crippen molar-refractivity contribution < 1.29 is 47.6 Å². The number of hydrogen-bond donors (Lipinski definition) is 3. The third-order valence-electron chi connectivity index (χ3n) is 9.39. The first-order chi connectivity index (χ1) is 50.3. The summed E-state index contributed by atoms with van der Waals surface area (Å²) in [5, 5.41) is 23.8. The van der Waals surface area contributed by atoms with E-state index in [1.807, 2.05) is 132 Å². The fraction of sp³-hybridized carbons (Fsp3) is 0.268. The first-order valence-electron chi connectivity index (χ1n) is 24.8. The van der Waals surface area contributed by atoms with Crippen molar-refractivity contribution in [2.24, 2.45) is 0 Å². The molecular weight excluding hydrogens is 2330 g/mol. The van der Waals surface area contributed by atoms with E-state index in [9.17, 15) is 23.6 Å². The van der Waals surface area contributed by atoms with Crippen LogP contribution < -0.4 is 29.3 Å². The van der Waals surface area contributed by atoms with Crippen LogP contribution in [0, 0.1) is 0 Å². The third-order valence-corrected chi connectivity index (χ3v) is 105. The zero-order valence-electron chi connectivity index (χ0n) is 51.1. The van der Waals surface area contributed by atoms with Gasteiger partial charge in [-0.1, -0.05) is 36.4 Å². The second kappa shape index (κ2) is 77.0. The number of halogens is 3. The molecule has 0 aliphatic carbocycles. The minimum Gasteiger partial charge on any atom is -0.493 e. The van der Waals surface area contributed by atoms with Gasteiger partial charge in [0.15, 0.2) is 23.0 Å². The minimum absolute atomic E-state index is 0. The van der Waals surface area contributed by atoms with Gasteiger partial charge in [0.2, 0.25) is 0 Å². The van der Waals surface area contributed by atoms with Gasteiger partial charge in [0.25, 0.3) is 5.91 Å². The fourth-order valence-electron chi connectivity index (χ4n) is 5.75. The molecule has 6 rings (SSSR count). The van der Waals surface area contributed by atoms with Crippen LogP contribution in [0.4, 0.5) is 20.2 Å². The highest BCUT2D eigenvalue weighted by Crippen LogP contribution is 2.41. The molecule has 3 N–H and O–H groups in total. The first kappa shape index (κ1) is 107. The van der Waals surface area contributed by atoms with Gasteiger partial charge in [-0.15, -0.1) is 35.1 Å². The van der Waals surface area contributed by atoms with Gasteiger partial charge < -0.3 is 29.4 Å². The summed E-state index contributed by atoms with van der Waals surface area (Å²) in [5.74, 6) is 0.812. The van der Waals surface area contributed by atoms with E-state index in [0.717, 1.165) is 25.9 Å². The van der Waals surface area contributed by atoms with Crippen molar-refractivity contribution >= 4 is 514 Å². The topological polar surface area (TPSA) is 127 Å². The number of alkyl halides is 2. The number of hydroxylamine groups is 1. The van der Waals surface area contributed by atoms with Crippen LogP contribution in [0.3, 0.4) is 0 Å². The van der Waals surface area contributed by atoms with Gasteiger partial charge in [-0.25, -0.2) is 8.78 Å². The van der Waals surface area contributed by atoms with E-state index in [-0.39, 0.29) is 38.1 Å². The predicted octanol–water partition coefficient (Wildman–Crippen LogP) is 11.0. The molecule has 10 nitrogen and oxygen atoms in total. The average Bonchev–Trinajstić information content (AvgIpc) is 1.66. The van der Waals surface area contributed by atoms with Gasteiger partial charge in [-0.05, 0) is 72.1 Å². The molecule has 2 atom stereocenters. The molecule has 0 aliphatic heterocycles. The van der Waals surface area contributed by atoms with Crippen LogP contribution in [0.1, 0.15) is 47.8 Å². The maximum Gasteiger partial charge on any atom is 0.303 e. The second-order valence-electron chi connectivity index (χ2n) is 14.8. The average molecular weight is 2370 g/mol. The van der Waals surface area contributed by atoms with Crippen LogP contribution in [-0.2, 0) is 445 Å². The van der Waals surface area contributed by atoms with E-state index >= 15 is 0 Å². The van der Waals surface area contributed by atoms with E-state index in [2.05, 4.69) is 5.32 Å². The Labute approximate surface area is 759 Å². The number of nitrogens with one attached hydrogen (secondary N) is 1. The Kier molecular flexibility index (Phi) is 79.6. The number of ether oxygens (including phenoxy) is 4. The third kappa shape index (κ3) is 56.0. The Balaban J connectivity index is 0.000000668. The zero-order valence-corrected chi connectivity index (χ0v) is 92.7. The largest absolute Gasteiger partial charge is 0.493 e. The Hall–Kier alpha value is 5.41. The number of aliphatic carboxylic acids is 1. The number of carboxylic acid groups (broad SMARTS) is 1. The molecule has 0 aliphatic rings. The maximum atomic E-state index is 14.7. The number of methoxy groups -OCH3 is 4.